The lowest BCUT2D eigenvalue weighted by Crippen LogP contribution is -2.36. The van der Waals surface area contributed by atoms with Crippen molar-refractivity contribution in [3.63, 3.8) is 0 Å². The van der Waals surface area contributed by atoms with E-state index in [1.165, 1.54) is 32.4 Å². The van der Waals surface area contributed by atoms with Crippen LogP contribution in [0.4, 0.5) is 0 Å². The molecular formula is C12H27N3O. The second-order valence-corrected chi connectivity index (χ2v) is 5.19. The highest BCUT2D eigenvalue weighted by Gasteiger charge is 2.17. The number of nitrogens with zero attached hydrogens (tertiary/aromatic N) is 2. The smallest absolute Gasteiger partial charge is 0.0788 e. The summed E-state index contributed by atoms with van der Waals surface area (Å²) in [6.45, 7) is 4.60. The molecule has 0 bridgehead atoms. The Labute approximate surface area is 99.4 Å². The molecule has 1 aliphatic heterocycles. The van der Waals surface area contributed by atoms with E-state index >= 15 is 0 Å². The molecule has 1 heterocycles. The molecule has 4 heteroatoms. The van der Waals surface area contributed by atoms with E-state index in [1.54, 1.807) is 0 Å². The van der Waals surface area contributed by atoms with E-state index in [-0.39, 0.29) is 6.10 Å². The molecular weight excluding hydrogens is 202 g/mol. The number of hydrogen-bond donors (Lipinski definition) is 2. The molecule has 3 N–H and O–H groups in total. The molecule has 0 aliphatic carbocycles. The van der Waals surface area contributed by atoms with Crippen molar-refractivity contribution >= 4 is 0 Å². The molecule has 0 spiro atoms. The summed E-state index contributed by atoms with van der Waals surface area (Å²) in [5, 5.41) is 9.43. The predicted molar refractivity (Wildman–Crippen MR) is 67.4 cm³/mol. The monoisotopic (exact) mass is 229 g/mol. The molecule has 0 radical (unpaired) electrons. The fourth-order valence-electron chi connectivity index (χ4n) is 2.28. The van der Waals surface area contributed by atoms with Crippen molar-refractivity contribution in [1.29, 1.82) is 0 Å². The highest BCUT2D eigenvalue weighted by molar-refractivity contribution is 4.71. The standard InChI is InChI=1S/C12H27N3O/c1-14-6-3-11(4-7-14)5-8-15(2)10-12(16)9-13/h11-12,16H,3-10,13H2,1-2H3. The summed E-state index contributed by atoms with van der Waals surface area (Å²) in [7, 11) is 4.26. The van der Waals surface area contributed by atoms with Gasteiger partial charge < -0.3 is 20.6 Å². The van der Waals surface area contributed by atoms with Gasteiger partial charge in [-0.3, -0.25) is 0 Å². The maximum absolute atomic E-state index is 9.43. The summed E-state index contributed by atoms with van der Waals surface area (Å²) in [4.78, 5) is 4.59. The minimum Gasteiger partial charge on any atom is -0.390 e. The number of rotatable bonds is 6. The van der Waals surface area contributed by atoms with Gasteiger partial charge in [-0.15, -0.1) is 0 Å². The quantitative estimate of drug-likeness (QED) is 0.671. The van der Waals surface area contributed by atoms with Gasteiger partial charge in [-0.25, -0.2) is 0 Å². The van der Waals surface area contributed by atoms with Crippen molar-refractivity contribution in [3.05, 3.63) is 0 Å². The largest absolute Gasteiger partial charge is 0.390 e. The van der Waals surface area contributed by atoms with Gasteiger partial charge in [-0.05, 0) is 58.9 Å². The van der Waals surface area contributed by atoms with E-state index in [2.05, 4.69) is 23.9 Å². The molecule has 0 amide bonds. The number of piperidine rings is 1. The number of hydrogen-bond acceptors (Lipinski definition) is 4. The van der Waals surface area contributed by atoms with Crippen LogP contribution in [0.1, 0.15) is 19.3 Å². The van der Waals surface area contributed by atoms with E-state index in [0.717, 1.165) is 12.5 Å². The molecule has 0 aromatic rings. The van der Waals surface area contributed by atoms with Gasteiger partial charge in [0, 0.05) is 13.1 Å². The van der Waals surface area contributed by atoms with Gasteiger partial charge >= 0.3 is 0 Å². The molecule has 4 nitrogen and oxygen atoms in total. The summed E-state index contributed by atoms with van der Waals surface area (Å²) in [6.07, 6.45) is 3.53. The van der Waals surface area contributed by atoms with Crippen LogP contribution in [-0.2, 0) is 0 Å². The Morgan fingerprint density at radius 3 is 2.62 bits per heavy atom. The average molecular weight is 229 g/mol. The summed E-state index contributed by atoms with van der Waals surface area (Å²) in [5.74, 6) is 0.869. The zero-order valence-electron chi connectivity index (χ0n) is 10.7. The molecule has 0 saturated carbocycles. The van der Waals surface area contributed by atoms with Crippen LogP contribution in [0, 0.1) is 5.92 Å². The van der Waals surface area contributed by atoms with E-state index in [0.29, 0.717) is 13.1 Å². The zero-order valence-corrected chi connectivity index (χ0v) is 10.7. The molecule has 1 aliphatic rings. The minimum absolute atomic E-state index is 0.360. The summed E-state index contributed by atoms with van der Waals surface area (Å²) in [5.41, 5.74) is 5.39. The number of likely N-dealkylation sites (N-methyl/N-ethyl adjacent to an activating group) is 1. The van der Waals surface area contributed by atoms with E-state index < -0.39 is 0 Å². The van der Waals surface area contributed by atoms with Crippen molar-refractivity contribution in [3.8, 4) is 0 Å². The Hall–Kier alpha value is -0.160. The van der Waals surface area contributed by atoms with Crippen LogP contribution >= 0.6 is 0 Å². The molecule has 1 atom stereocenters. The Bertz CT molecular complexity index is 181. The topological polar surface area (TPSA) is 52.7 Å². The summed E-state index contributed by atoms with van der Waals surface area (Å²) < 4.78 is 0. The molecule has 16 heavy (non-hydrogen) atoms. The lowest BCUT2D eigenvalue weighted by atomic mass is 9.94. The van der Waals surface area contributed by atoms with Gasteiger partial charge in [0.1, 0.15) is 0 Å². The highest BCUT2D eigenvalue weighted by atomic mass is 16.3. The number of aliphatic hydroxyl groups excluding tert-OH is 1. The Morgan fingerprint density at radius 2 is 2.06 bits per heavy atom. The molecule has 1 saturated heterocycles. The van der Waals surface area contributed by atoms with E-state index in [4.69, 9.17) is 5.73 Å². The van der Waals surface area contributed by atoms with Gasteiger partial charge in [-0.1, -0.05) is 0 Å². The van der Waals surface area contributed by atoms with Crippen LogP contribution in [0.5, 0.6) is 0 Å². The van der Waals surface area contributed by atoms with Crippen LogP contribution in [0.2, 0.25) is 0 Å². The third-order valence-corrected chi connectivity index (χ3v) is 3.55. The SMILES string of the molecule is CN1CCC(CCN(C)CC(O)CN)CC1. The van der Waals surface area contributed by atoms with Crippen LogP contribution in [0.15, 0.2) is 0 Å². The van der Waals surface area contributed by atoms with Crippen molar-refractivity contribution in [2.24, 2.45) is 11.7 Å². The number of aliphatic hydroxyl groups is 1. The fourth-order valence-corrected chi connectivity index (χ4v) is 2.28. The normalized spacial score (nSPS) is 21.6. The molecule has 1 rings (SSSR count). The third kappa shape index (κ3) is 5.25. The van der Waals surface area contributed by atoms with Crippen LogP contribution < -0.4 is 5.73 Å². The third-order valence-electron chi connectivity index (χ3n) is 3.55. The van der Waals surface area contributed by atoms with Crippen LogP contribution in [0.25, 0.3) is 0 Å². The Morgan fingerprint density at radius 1 is 1.44 bits per heavy atom. The summed E-state index contributed by atoms with van der Waals surface area (Å²) >= 11 is 0. The van der Waals surface area contributed by atoms with Crippen molar-refractivity contribution in [1.82, 2.24) is 9.80 Å². The Balaban J connectivity index is 2.09. The summed E-state index contributed by atoms with van der Waals surface area (Å²) in [6, 6.07) is 0. The first-order valence-electron chi connectivity index (χ1n) is 6.37. The highest BCUT2D eigenvalue weighted by Crippen LogP contribution is 2.19. The second kappa shape index (κ2) is 7.22. The molecule has 0 aromatic carbocycles. The van der Waals surface area contributed by atoms with Crippen molar-refractivity contribution < 1.29 is 5.11 Å². The van der Waals surface area contributed by atoms with E-state index in [1.807, 2.05) is 0 Å². The first kappa shape index (κ1) is 13.9. The lowest BCUT2D eigenvalue weighted by Gasteiger charge is -2.30. The maximum atomic E-state index is 9.43. The zero-order chi connectivity index (χ0) is 12.0. The van der Waals surface area contributed by atoms with Crippen molar-refractivity contribution in [2.45, 2.75) is 25.4 Å². The van der Waals surface area contributed by atoms with Gasteiger partial charge in [0.05, 0.1) is 6.10 Å². The van der Waals surface area contributed by atoms with Gasteiger partial charge in [0.25, 0.3) is 0 Å². The van der Waals surface area contributed by atoms with Crippen LogP contribution in [-0.4, -0.2) is 67.8 Å². The number of likely N-dealkylation sites (tertiary alicyclic amines) is 1. The molecule has 1 unspecified atom stereocenters. The maximum Gasteiger partial charge on any atom is 0.0788 e. The minimum atomic E-state index is -0.373. The van der Waals surface area contributed by atoms with Gasteiger partial charge in [-0.2, -0.15) is 0 Å². The fraction of sp³-hybridized carbons (Fsp3) is 1.00. The van der Waals surface area contributed by atoms with Crippen LogP contribution in [0.3, 0.4) is 0 Å². The molecule has 1 fully saturated rings. The first-order valence-corrected chi connectivity index (χ1v) is 6.37. The molecule has 96 valence electrons. The predicted octanol–water partition coefficient (Wildman–Crippen LogP) is -0.0303. The second-order valence-electron chi connectivity index (χ2n) is 5.19. The first-order chi connectivity index (χ1) is 7.61. The molecule has 0 aromatic heterocycles. The Kier molecular flexibility index (Phi) is 6.28. The van der Waals surface area contributed by atoms with E-state index in [9.17, 15) is 5.11 Å². The number of nitrogens with two attached hydrogens (primary N) is 1. The lowest BCUT2D eigenvalue weighted by molar-refractivity contribution is 0.124. The van der Waals surface area contributed by atoms with Crippen molar-refractivity contribution in [2.75, 3.05) is 46.8 Å². The van der Waals surface area contributed by atoms with Gasteiger partial charge in [0.2, 0.25) is 0 Å². The van der Waals surface area contributed by atoms with Gasteiger partial charge in [0.15, 0.2) is 0 Å². The average Bonchev–Trinajstić information content (AvgIpc) is 2.28.